The van der Waals surface area contributed by atoms with Crippen molar-refractivity contribution in [2.45, 2.75) is 11.8 Å². The molecule has 0 spiro atoms. The Balaban J connectivity index is 1.95. The van der Waals surface area contributed by atoms with Crippen molar-refractivity contribution in [1.29, 1.82) is 0 Å². The summed E-state index contributed by atoms with van der Waals surface area (Å²) in [7, 11) is -4.08. The largest absolute Gasteiger partial charge is 0.492 e. The molecule has 0 aliphatic rings. The number of hydrogen-bond donors (Lipinski definition) is 1. The molecule has 1 aromatic heterocycles. The zero-order valence-electron chi connectivity index (χ0n) is 14.0. The third-order valence-electron chi connectivity index (χ3n) is 3.55. The summed E-state index contributed by atoms with van der Waals surface area (Å²) in [6.45, 7) is 1.66. The number of aryl methyl sites for hydroxylation is 1. The van der Waals surface area contributed by atoms with E-state index in [0.717, 1.165) is 0 Å². The van der Waals surface area contributed by atoms with Gasteiger partial charge in [0.25, 0.3) is 10.0 Å². The van der Waals surface area contributed by atoms with Gasteiger partial charge in [0.1, 0.15) is 0 Å². The van der Waals surface area contributed by atoms with Crippen LogP contribution in [0.3, 0.4) is 0 Å². The lowest BCUT2D eigenvalue weighted by Gasteiger charge is -2.04. The Labute approximate surface area is 154 Å². The summed E-state index contributed by atoms with van der Waals surface area (Å²) in [6, 6.07) is 14.4. The zero-order valence-corrected chi connectivity index (χ0v) is 14.8. The lowest BCUT2D eigenvalue weighted by atomic mass is 10.3. The molecule has 3 aromatic rings. The van der Waals surface area contributed by atoms with Crippen LogP contribution in [0, 0.1) is 6.92 Å². The first kappa shape index (κ1) is 18.1. The van der Waals surface area contributed by atoms with Gasteiger partial charge in [-0.05, 0) is 48.9 Å². The Kier molecular flexibility index (Phi) is 4.88. The molecule has 0 aliphatic heterocycles. The zero-order chi connectivity index (χ0) is 19.4. The number of aromatic hydroxyl groups is 1. The van der Waals surface area contributed by atoms with E-state index in [2.05, 4.69) is 24.8 Å². The van der Waals surface area contributed by atoms with E-state index >= 15 is 0 Å². The van der Waals surface area contributed by atoms with Gasteiger partial charge in [0, 0.05) is 9.43 Å². The highest BCUT2D eigenvalue weighted by Crippen LogP contribution is 2.33. The predicted molar refractivity (Wildman–Crippen MR) is 96.9 cm³/mol. The highest BCUT2D eigenvalue weighted by atomic mass is 32.2. The van der Waals surface area contributed by atoms with E-state index in [9.17, 15) is 13.5 Å². The maximum Gasteiger partial charge on any atom is 0.264 e. The summed E-state index contributed by atoms with van der Waals surface area (Å²) in [5.74, 6) is -0.238. The fraction of sp³-hybridized carbons (Fsp3) is 0.0625. The minimum absolute atomic E-state index is 0.170. The van der Waals surface area contributed by atoms with E-state index in [1.165, 1.54) is 28.9 Å². The number of benzene rings is 2. The molecule has 0 amide bonds. The lowest BCUT2D eigenvalue weighted by Crippen LogP contribution is -1.99. The fourth-order valence-corrected chi connectivity index (χ4v) is 2.93. The van der Waals surface area contributed by atoms with Crippen molar-refractivity contribution < 1.29 is 13.5 Å². The molecule has 0 unspecified atom stereocenters. The molecule has 0 saturated carbocycles. The second-order valence-electron chi connectivity index (χ2n) is 5.35. The average Bonchev–Trinajstić information content (AvgIpc) is 2.95. The predicted octanol–water partition coefficient (Wildman–Crippen LogP) is 4.30. The number of sulfonamides is 1. The van der Waals surface area contributed by atoms with Gasteiger partial charge >= 0.3 is 0 Å². The SMILES string of the molecule is Cc1nn(-c2ccc(S(=O)(=O)N=[N+]=[N-])cc2)c(O)c1N=Nc1ccccc1. The quantitative estimate of drug-likeness (QED) is 0.397. The van der Waals surface area contributed by atoms with Gasteiger partial charge in [-0.3, -0.25) is 0 Å². The maximum atomic E-state index is 11.7. The molecule has 0 aliphatic carbocycles. The maximum absolute atomic E-state index is 11.7. The molecule has 1 N–H and O–H groups in total. The van der Waals surface area contributed by atoms with Crippen LogP contribution in [0.1, 0.15) is 5.69 Å². The van der Waals surface area contributed by atoms with Gasteiger partial charge in [0.05, 0.1) is 22.0 Å². The van der Waals surface area contributed by atoms with Crippen LogP contribution in [0.5, 0.6) is 5.88 Å². The first-order valence-electron chi connectivity index (χ1n) is 7.59. The third kappa shape index (κ3) is 3.78. The molecule has 0 saturated heterocycles. The monoisotopic (exact) mass is 383 g/mol. The molecular weight excluding hydrogens is 370 g/mol. The van der Waals surface area contributed by atoms with Crippen LogP contribution in [0.2, 0.25) is 0 Å². The number of azo groups is 1. The Hall–Kier alpha value is -3.69. The topological polar surface area (TPSA) is 146 Å². The molecule has 0 fully saturated rings. The Morgan fingerprint density at radius 2 is 1.74 bits per heavy atom. The number of azide groups is 1. The molecule has 136 valence electrons. The number of aromatic nitrogens is 2. The normalized spacial score (nSPS) is 11.4. The summed E-state index contributed by atoms with van der Waals surface area (Å²) in [5, 5.41) is 22.7. The van der Waals surface area contributed by atoms with Crippen molar-refractivity contribution in [2.24, 2.45) is 14.7 Å². The molecule has 0 bridgehead atoms. The molecule has 0 radical (unpaired) electrons. The van der Waals surface area contributed by atoms with E-state index in [4.69, 9.17) is 5.53 Å². The molecule has 10 nitrogen and oxygen atoms in total. The summed E-state index contributed by atoms with van der Waals surface area (Å²) in [4.78, 5) is 2.13. The van der Waals surface area contributed by atoms with E-state index in [1.807, 2.05) is 18.2 Å². The van der Waals surface area contributed by atoms with Crippen molar-refractivity contribution >= 4 is 21.4 Å². The number of hydrogen-bond acceptors (Lipinski definition) is 6. The number of rotatable bonds is 5. The summed E-state index contributed by atoms with van der Waals surface area (Å²) in [5.41, 5.74) is 9.97. The molecule has 2 aromatic carbocycles. The first-order valence-corrected chi connectivity index (χ1v) is 9.03. The smallest absolute Gasteiger partial charge is 0.264 e. The average molecular weight is 383 g/mol. The molecule has 11 heteroatoms. The minimum Gasteiger partial charge on any atom is -0.492 e. The lowest BCUT2D eigenvalue weighted by molar-refractivity contribution is 0.434. The van der Waals surface area contributed by atoms with Crippen LogP contribution in [-0.2, 0) is 10.0 Å². The highest BCUT2D eigenvalue weighted by molar-refractivity contribution is 7.90. The number of nitrogens with zero attached hydrogens (tertiary/aromatic N) is 7. The van der Waals surface area contributed by atoms with Crippen molar-refractivity contribution in [3.05, 3.63) is 70.7 Å². The molecular formula is C16H13N7O3S. The van der Waals surface area contributed by atoms with E-state index in [0.29, 0.717) is 17.1 Å². The second kappa shape index (κ2) is 7.28. The molecule has 0 atom stereocenters. The van der Waals surface area contributed by atoms with Gasteiger partial charge < -0.3 is 5.11 Å². The van der Waals surface area contributed by atoms with Crippen LogP contribution in [0.25, 0.3) is 16.1 Å². The Bertz CT molecular complexity index is 1150. The summed E-state index contributed by atoms with van der Waals surface area (Å²) in [6.07, 6.45) is 0. The van der Waals surface area contributed by atoms with E-state index in [1.54, 1.807) is 19.1 Å². The summed E-state index contributed by atoms with van der Waals surface area (Å²) >= 11 is 0. The van der Waals surface area contributed by atoms with E-state index < -0.39 is 10.0 Å². The van der Waals surface area contributed by atoms with Gasteiger partial charge in [0.15, 0.2) is 5.69 Å². The minimum atomic E-state index is -4.08. The fourth-order valence-electron chi connectivity index (χ4n) is 2.26. The van der Waals surface area contributed by atoms with Crippen molar-refractivity contribution in [1.82, 2.24) is 9.78 Å². The van der Waals surface area contributed by atoms with Gasteiger partial charge in [-0.15, -0.1) is 5.11 Å². The van der Waals surface area contributed by atoms with Gasteiger partial charge in [-0.1, -0.05) is 18.2 Å². The molecule has 3 rings (SSSR count). The Morgan fingerprint density at radius 1 is 1.07 bits per heavy atom. The van der Waals surface area contributed by atoms with Crippen LogP contribution >= 0.6 is 0 Å². The highest BCUT2D eigenvalue weighted by Gasteiger charge is 2.17. The Morgan fingerprint density at radius 3 is 2.37 bits per heavy atom. The van der Waals surface area contributed by atoms with Gasteiger partial charge in [0.2, 0.25) is 5.88 Å². The van der Waals surface area contributed by atoms with Crippen molar-refractivity contribution in [3.63, 3.8) is 0 Å². The summed E-state index contributed by atoms with van der Waals surface area (Å²) < 4.78 is 27.4. The van der Waals surface area contributed by atoms with Crippen molar-refractivity contribution in [2.75, 3.05) is 0 Å². The van der Waals surface area contributed by atoms with E-state index in [-0.39, 0.29) is 16.5 Å². The standard InChI is InChI=1S/C16H13N7O3S/c1-11-15(19-18-12-5-3-2-4-6-12)16(24)23(20-11)13-7-9-14(10-8-13)27(25,26)22-21-17/h2-10,24H,1H3. The van der Waals surface area contributed by atoms with Crippen LogP contribution < -0.4 is 0 Å². The van der Waals surface area contributed by atoms with Crippen LogP contribution in [-0.4, -0.2) is 23.3 Å². The van der Waals surface area contributed by atoms with Crippen LogP contribution in [0.4, 0.5) is 11.4 Å². The molecule has 1 heterocycles. The second-order valence-corrected chi connectivity index (χ2v) is 6.93. The van der Waals surface area contributed by atoms with Gasteiger partial charge in [-0.2, -0.15) is 14.9 Å². The third-order valence-corrected chi connectivity index (χ3v) is 4.71. The van der Waals surface area contributed by atoms with Gasteiger partial charge in [-0.25, -0.2) is 8.42 Å². The van der Waals surface area contributed by atoms with Crippen LogP contribution in [0.15, 0.2) is 74.2 Å². The van der Waals surface area contributed by atoms with Crippen molar-refractivity contribution in [3.8, 4) is 11.6 Å². The first-order chi connectivity index (χ1) is 12.9. The molecule has 27 heavy (non-hydrogen) atoms.